The van der Waals surface area contributed by atoms with Gasteiger partial charge in [0, 0.05) is 35.7 Å². The van der Waals surface area contributed by atoms with Gasteiger partial charge >= 0.3 is 5.97 Å². The first-order valence-corrected chi connectivity index (χ1v) is 19.5. The molecule has 0 saturated carbocycles. The van der Waals surface area contributed by atoms with Crippen LogP contribution >= 0.6 is 11.6 Å². The number of carboxylic acids is 1. The van der Waals surface area contributed by atoms with Crippen molar-refractivity contribution in [1.82, 2.24) is 25.2 Å². The molecule has 1 atom stereocenters. The van der Waals surface area contributed by atoms with Gasteiger partial charge < -0.3 is 33.3 Å². The number of nitriles is 1. The molecule has 0 amide bonds. The summed E-state index contributed by atoms with van der Waals surface area (Å²) in [5.74, 6) is 2.49. The van der Waals surface area contributed by atoms with Crippen LogP contribution in [0.1, 0.15) is 68.7 Å². The third-order valence-corrected chi connectivity index (χ3v) is 9.96. The van der Waals surface area contributed by atoms with E-state index in [1.807, 2.05) is 64.1 Å². The summed E-state index contributed by atoms with van der Waals surface area (Å²) in [6, 6.07) is 24.6. The zero-order chi connectivity index (χ0) is 40.9. The first kappa shape index (κ1) is 40.0. The molecule has 0 aliphatic carbocycles. The molecule has 0 bridgehead atoms. The highest BCUT2D eigenvalue weighted by Gasteiger charge is 2.28. The van der Waals surface area contributed by atoms with Crippen LogP contribution in [0.15, 0.2) is 81.8 Å². The molecule has 1 unspecified atom stereocenters. The summed E-state index contributed by atoms with van der Waals surface area (Å²) in [5, 5.41) is 27.4. The molecule has 298 valence electrons. The Hall–Kier alpha value is -6.23. The van der Waals surface area contributed by atoms with E-state index in [2.05, 4.69) is 44.4 Å². The number of ether oxygens (including phenoxy) is 3. The van der Waals surface area contributed by atoms with Gasteiger partial charge in [0.15, 0.2) is 0 Å². The van der Waals surface area contributed by atoms with Gasteiger partial charge in [-0.2, -0.15) is 15.2 Å². The highest BCUT2D eigenvalue weighted by atomic mass is 35.5. The molecule has 13 nitrogen and oxygen atoms in total. The Labute approximate surface area is 341 Å². The van der Waals surface area contributed by atoms with Crippen molar-refractivity contribution >= 4 is 17.6 Å². The molecule has 0 fully saturated rings. The number of aromatic nitrogens is 4. The van der Waals surface area contributed by atoms with Crippen LogP contribution in [-0.2, 0) is 17.8 Å². The largest absolute Gasteiger partial charge is 0.492 e. The fourth-order valence-corrected chi connectivity index (χ4v) is 7.27. The fraction of sp³-hybridized carbons (Fsp3) is 0.318. The van der Waals surface area contributed by atoms with E-state index in [1.165, 1.54) is 11.1 Å². The van der Waals surface area contributed by atoms with Gasteiger partial charge in [0.1, 0.15) is 23.3 Å². The topological polar surface area (TPSA) is 170 Å². The van der Waals surface area contributed by atoms with Crippen molar-refractivity contribution in [2.75, 3.05) is 20.2 Å². The lowest BCUT2D eigenvalue weighted by atomic mass is 9.88. The first-order chi connectivity index (χ1) is 28.0. The van der Waals surface area contributed by atoms with Crippen LogP contribution in [0.5, 0.6) is 17.2 Å². The quantitative estimate of drug-likeness (QED) is 0.139. The zero-order valence-corrected chi connectivity index (χ0v) is 33.6. The molecular formula is C44H43ClN6O7. The average Bonchev–Trinajstić information content (AvgIpc) is 3.90. The molecule has 58 heavy (non-hydrogen) atoms. The summed E-state index contributed by atoms with van der Waals surface area (Å²) < 4.78 is 28.2. The normalized spacial score (nSPS) is 14.8. The van der Waals surface area contributed by atoms with Crippen LogP contribution in [-0.4, -0.2) is 68.7 Å². The van der Waals surface area contributed by atoms with Gasteiger partial charge in [-0.15, -0.1) is 0 Å². The van der Waals surface area contributed by atoms with Gasteiger partial charge in [0.25, 0.3) is 11.8 Å². The summed E-state index contributed by atoms with van der Waals surface area (Å²) in [7, 11) is 2.13. The molecular weight excluding hydrogens is 760 g/mol. The van der Waals surface area contributed by atoms with E-state index in [-0.39, 0.29) is 24.5 Å². The average molecular weight is 803 g/mol. The number of nitrogens with zero attached hydrogens (tertiary/aromatic N) is 6. The predicted molar refractivity (Wildman–Crippen MR) is 217 cm³/mol. The van der Waals surface area contributed by atoms with Gasteiger partial charge in [0.05, 0.1) is 41.4 Å². The maximum atomic E-state index is 11.2. The van der Waals surface area contributed by atoms with Crippen LogP contribution in [0.3, 0.4) is 0 Å². The molecule has 2 aromatic heterocycles. The van der Waals surface area contributed by atoms with Gasteiger partial charge in [-0.1, -0.05) is 52.2 Å². The second kappa shape index (κ2) is 17.5. The van der Waals surface area contributed by atoms with Crippen LogP contribution in [0.2, 0.25) is 5.02 Å². The SMILES string of the molecule is CC(C)Oc1ccc(-c2nc(-c3cccc4c3CCN(C)C4)no2)cc1C#N.CC(C)Oc1ccc(-c2nc(-c3cccc4c3OCCC4CC(=O)O)no2)cc1Cl. The van der Waals surface area contributed by atoms with E-state index in [1.54, 1.807) is 30.3 Å². The van der Waals surface area contributed by atoms with Crippen molar-refractivity contribution in [2.45, 2.75) is 71.6 Å². The van der Waals surface area contributed by atoms with Crippen molar-refractivity contribution < 1.29 is 33.2 Å². The Kier molecular flexibility index (Phi) is 12.1. The Morgan fingerprint density at radius 1 is 0.914 bits per heavy atom. The molecule has 14 heteroatoms. The minimum absolute atomic E-state index is 0.00346. The smallest absolute Gasteiger partial charge is 0.303 e. The number of benzene rings is 4. The van der Waals surface area contributed by atoms with Crippen molar-refractivity contribution in [1.29, 1.82) is 5.26 Å². The van der Waals surface area contributed by atoms with Crippen LogP contribution < -0.4 is 14.2 Å². The van der Waals surface area contributed by atoms with E-state index >= 15 is 0 Å². The van der Waals surface area contributed by atoms with Crippen molar-refractivity contribution in [2.24, 2.45) is 0 Å². The molecule has 6 aromatic rings. The summed E-state index contributed by atoms with van der Waals surface area (Å²) in [6.07, 6.45) is 1.68. The minimum atomic E-state index is -0.832. The van der Waals surface area contributed by atoms with Gasteiger partial charge in [0.2, 0.25) is 11.6 Å². The summed E-state index contributed by atoms with van der Waals surface area (Å²) in [5.41, 5.74) is 6.95. The third-order valence-electron chi connectivity index (χ3n) is 9.66. The monoisotopic (exact) mass is 802 g/mol. The molecule has 4 aromatic carbocycles. The van der Waals surface area contributed by atoms with Crippen molar-refractivity contribution in [3.8, 4) is 69.0 Å². The Morgan fingerprint density at radius 2 is 1.55 bits per heavy atom. The van der Waals surface area contributed by atoms with Crippen LogP contribution in [0, 0.1) is 11.3 Å². The standard InChI is InChI=1S/C22H21ClN2O5.C22H22N4O2/c1-12(2)29-18-7-6-14(10-17(18)23)22-24-21(25-30-22)16-5-3-4-15-13(11-19(26)27)8-9-28-20(15)16;1-14(2)27-20-8-7-15(11-17(20)12-23)22-24-21(25-28-22)19-6-4-5-16-13-26(3)10-9-18(16)19/h3-7,10,12-13H,8-9,11H2,1-2H3,(H,26,27);4-8,11,14H,9-10,13H2,1-3H3. The minimum Gasteiger partial charge on any atom is -0.492 e. The Morgan fingerprint density at radius 3 is 2.22 bits per heavy atom. The van der Waals surface area contributed by atoms with E-state index < -0.39 is 5.97 Å². The van der Waals surface area contributed by atoms with E-state index in [0.717, 1.165) is 30.6 Å². The number of hydrogen-bond acceptors (Lipinski definition) is 12. The number of carboxylic acid groups (broad SMARTS) is 1. The number of carbonyl (C=O) groups is 1. The summed E-state index contributed by atoms with van der Waals surface area (Å²) in [6.45, 7) is 10.1. The first-order valence-electron chi connectivity index (χ1n) is 19.1. The molecule has 0 saturated heterocycles. The lowest BCUT2D eigenvalue weighted by molar-refractivity contribution is -0.137. The fourth-order valence-electron chi connectivity index (χ4n) is 7.05. The molecule has 2 aliphatic heterocycles. The van der Waals surface area contributed by atoms with Gasteiger partial charge in [-0.05, 0) is 107 Å². The Balaban J connectivity index is 0.000000177. The van der Waals surface area contributed by atoms with Crippen molar-refractivity contribution in [3.63, 3.8) is 0 Å². The van der Waals surface area contributed by atoms with E-state index in [0.29, 0.717) is 81.0 Å². The highest BCUT2D eigenvalue weighted by molar-refractivity contribution is 6.32. The summed E-state index contributed by atoms with van der Waals surface area (Å²) in [4.78, 5) is 22.6. The maximum absolute atomic E-state index is 11.2. The van der Waals surface area contributed by atoms with Crippen LogP contribution in [0.4, 0.5) is 0 Å². The molecule has 0 spiro atoms. The predicted octanol–water partition coefficient (Wildman–Crippen LogP) is 9.24. The zero-order valence-electron chi connectivity index (χ0n) is 32.9. The molecule has 1 N–H and O–H groups in total. The molecule has 2 aliphatic rings. The van der Waals surface area contributed by atoms with Gasteiger partial charge in [-0.3, -0.25) is 4.79 Å². The maximum Gasteiger partial charge on any atom is 0.303 e. The number of fused-ring (bicyclic) bond motifs is 2. The number of rotatable bonds is 10. The number of para-hydroxylation sites is 1. The second-order valence-electron chi connectivity index (χ2n) is 14.7. The lowest BCUT2D eigenvalue weighted by Crippen LogP contribution is -2.26. The molecule has 8 rings (SSSR count). The third kappa shape index (κ3) is 8.99. The lowest BCUT2D eigenvalue weighted by Gasteiger charge is -2.26. The highest BCUT2D eigenvalue weighted by Crippen LogP contribution is 2.42. The number of halogens is 1. The van der Waals surface area contributed by atoms with Crippen LogP contribution in [0.25, 0.3) is 45.7 Å². The second-order valence-corrected chi connectivity index (χ2v) is 15.1. The van der Waals surface area contributed by atoms with Crippen molar-refractivity contribution in [3.05, 3.63) is 100 Å². The Bertz CT molecular complexity index is 2470. The van der Waals surface area contributed by atoms with E-state index in [4.69, 9.17) is 34.9 Å². The molecule has 0 radical (unpaired) electrons. The number of hydrogen-bond donors (Lipinski definition) is 1. The van der Waals surface area contributed by atoms with Gasteiger partial charge in [-0.25, -0.2) is 0 Å². The number of aliphatic carboxylic acids is 1. The number of likely N-dealkylation sites (N-methyl/N-ethyl adjacent to an activating group) is 1. The molecule has 4 heterocycles. The van der Waals surface area contributed by atoms with E-state index in [9.17, 15) is 15.2 Å². The summed E-state index contributed by atoms with van der Waals surface area (Å²) >= 11 is 6.32.